The maximum absolute atomic E-state index is 13.8. The summed E-state index contributed by atoms with van der Waals surface area (Å²) in [7, 11) is 0. The second kappa shape index (κ2) is 9.26. The van der Waals surface area contributed by atoms with E-state index >= 15 is 0 Å². The number of nitrogens with one attached hydrogen (secondary N) is 2. The van der Waals surface area contributed by atoms with Crippen LogP contribution >= 0.6 is 11.6 Å². The van der Waals surface area contributed by atoms with Crippen LogP contribution in [-0.4, -0.2) is 20.9 Å². The third-order valence-corrected chi connectivity index (χ3v) is 5.34. The summed E-state index contributed by atoms with van der Waals surface area (Å²) in [6.45, 7) is 4.89. The molecule has 2 aromatic carbocycles. The second-order valence-corrected chi connectivity index (χ2v) is 8.52. The molecule has 0 radical (unpaired) electrons. The first-order valence-electron chi connectivity index (χ1n) is 10.3. The first-order valence-corrected chi connectivity index (χ1v) is 10.7. The third-order valence-electron chi connectivity index (χ3n) is 5.07. The SMILES string of the molecule is CC(=O)NC(C)(C)c1ccc(Oc2nc3nc(OCc4c(F)cccc4F)c(Cl)cc3[nH]2)cc1. The molecule has 34 heavy (non-hydrogen) atoms. The first-order chi connectivity index (χ1) is 16.1. The molecule has 0 unspecified atom stereocenters. The monoisotopic (exact) mass is 486 g/mol. The Labute approximate surface area is 199 Å². The maximum Gasteiger partial charge on any atom is 0.301 e. The number of aromatic nitrogens is 3. The number of aromatic amines is 1. The Kier molecular flexibility index (Phi) is 6.39. The van der Waals surface area contributed by atoms with Gasteiger partial charge in [-0.15, -0.1) is 0 Å². The van der Waals surface area contributed by atoms with Crippen molar-refractivity contribution in [3.63, 3.8) is 0 Å². The molecule has 0 saturated heterocycles. The molecule has 0 aliphatic carbocycles. The highest BCUT2D eigenvalue weighted by molar-refractivity contribution is 6.32. The molecule has 176 valence electrons. The zero-order valence-electron chi connectivity index (χ0n) is 18.6. The van der Waals surface area contributed by atoms with Crippen molar-refractivity contribution in [3.05, 3.63) is 76.3 Å². The fourth-order valence-electron chi connectivity index (χ4n) is 3.40. The van der Waals surface area contributed by atoms with E-state index in [2.05, 4.69) is 20.3 Å². The Morgan fingerprint density at radius 1 is 1.12 bits per heavy atom. The number of hydrogen-bond acceptors (Lipinski definition) is 5. The number of carbonyl (C=O) groups excluding carboxylic acids is 1. The molecular formula is C24H21ClF2N4O3. The molecule has 4 aromatic rings. The summed E-state index contributed by atoms with van der Waals surface area (Å²) in [5.41, 5.74) is 0.893. The van der Waals surface area contributed by atoms with Gasteiger partial charge in [0.15, 0.2) is 5.65 Å². The van der Waals surface area contributed by atoms with Gasteiger partial charge in [-0.25, -0.2) is 8.78 Å². The number of pyridine rings is 1. The van der Waals surface area contributed by atoms with Gasteiger partial charge in [0.2, 0.25) is 11.8 Å². The van der Waals surface area contributed by atoms with E-state index in [0.29, 0.717) is 11.3 Å². The summed E-state index contributed by atoms with van der Waals surface area (Å²) in [5.74, 6) is -1.07. The van der Waals surface area contributed by atoms with Gasteiger partial charge in [-0.1, -0.05) is 29.8 Å². The fraction of sp³-hybridized carbons (Fsp3) is 0.208. The van der Waals surface area contributed by atoms with Gasteiger partial charge < -0.3 is 19.8 Å². The average molecular weight is 487 g/mol. The molecule has 10 heteroatoms. The highest BCUT2D eigenvalue weighted by atomic mass is 35.5. The highest BCUT2D eigenvalue weighted by Gasteiger charge is 2.21. The van der Waals surface area contributed by atoms with Gasteiger partial charge in [0.05, 0.1) is 16.6 Å². The summed E-state index contributed by atoms with van der Waals surface area (Å²) < 4.78 is 38.9. The van der Waals surface area contributed by atoms with Crippen molar-refractivity contribution in [2.45, 2.75) is 32.9 Å². The molecule has 0 aliphatic heterocycles. The number of nitrogens with zero attached hydrogens (tertiary/aromatic N) is 2. The highest BCUT2D eigenvalue weighted by Crippen LogP contribution is 2.30. The van der Waals surface area contributed by atoms with Crippen LogP contribution in [0.1, 0.15) is 31.9 Å². The van der Waals surface area contributed by atoms with E-state index in [0.717, 1.165) is 17.7 Å². The van der Waals surface area contributed by atoms with Gasteiger partial charge in [0.1, 0.15) is 29.0 Å². The molecule has 0 atom stereocenters. The molecule has 0 bridgehead atoms. The molecule has 2 heterocycles. The molecular weight excluding hydrogens is 466 g/mol. The molecule has 2 N–H and O–H groups in total. The van der Waals surface area contributed by atoms with E-state index in [1.54, 1.807) is 12.1 Å². The minimum Gasteiger partial charge on any atom is -0.471 e. The van der Waals surface area contributed by atoms with Crippen molar-refractivity contribution in [3.8, 4) is 17.6 Å². The zero-order valence-corrected chi connectivity index (χ0v) is 19.3. The summed E-state index contributed by atoms with van der Waals surface area (Å²) in [6, 6.07) is 12.5. The van der Waals surface area contributed by atoms with Gasteiger partial charge in [0.25, 0.3) is 0 Å². The lowest BCUT2D eigenvalue weighted by molar-refractivity contribution is -0.120. The zero-order chi connectivity index (χ0) is 24.5. The molecule has 0 spiro atoms. The second-order valence-electron chi connectivity index (χ2n) is 8.11. The first kappa shape index (κ1) is 23.4. The lowest BCUT2D eigenvalue weighted by atomic mass is 9.94. The Morgan fingerprint density at radius 3 is 2.44 bits per heavy atom. The van der Waals surface area contributed by atoms with E-state index in [9.17, 15) is 13.6 Å². The van der Waals surface area contributed by atoms with Crippen molar-refractivity contribution in [1.29, 1.82) is 0 Å². The number of H-pyrrole nitrogens is 1. The minimum atomic E-state index is -0.723. The predicted molar refractivity (Wildman–Crippen MR) is 123 cm³/mol. The maximum atomic E-state index is 13.8. The lowest BCUT2D eigenvalue weighted by Crippen LogP contribution is -2.39. The summed E-state index contributed by atoms with van der Waals surface area (Å²) in [4.78, 5) is 22.9. The number of amides is 1. The molecule has 0 fully saturated rings. The van der Waals surface area contributed by atoms with Crippen LogP contribution in [0.5, 0.6) is 17.6 Å². The number of imidazole rings is 1. The number of fused-ring (bicyclic) bond motifs is 1. The summed E-state index contributed by atoms with van der Waals surface area (Å²) >= 11 is 6.22. The average Bonchev–Trinajstić information content (AvgIpc) is 3.13. The normalized spacial score (nSPS) is 11.5. The lowest BCUT2D eigenvalue weighted by Gasteiger charge is -2.26. The van der Waals surface area contributed by atoms with Crippen LogP contribution in [0.4, 0.5) is 8.78 Å². The van der Waals surface area contributed by atoms with Crippen molar-refractivity contribution in [2.24, 2.45) is 0 Å². The molecule has 1 amide bonds. The standard InChI is InChI=1S/C24H21ClF2N4O3/c1-13(32)31-24(2,3)14-7-9-15(10-8-14)34-23-28-20-11-17(25)22(29-21(20)30-23)33-12-16-18(26)5-4-6-19(16)27/h4-11H,12H2,1-3H3,(H,31,32)(H,28,29,30). The third kappa shape index (κ3) is 5.09. The Bertz CT molecular complexity index is 1340. The van der Waals surface area contributed by atoms with Crippen LogP contribution in [0, 0.1) is 11.6 Å². The van der Waals surface area contributed by atoms with Crippen LogP contribution in [0.3, 0.4) is 0 Å². The minimum absolute atomic E-state index is 0.0144. The summed E-state index contributed by atoms with van der Waals surface area (Å²) in [6.07, 6.45) is 0. The van der Waals surface area contributed by atoms with E-state index in [4.69, 9.17) is 21.1 Å². The van der Waals surface area contributed by atoms with Crippen molar-refractivity contribution in [1.82, 2.24) is 20.3 Å². The number of hydrogen-bond donors (Lipinski definition) is 2. The number of ether oxygens (including phenoxy) is 2. The number of carbonyl (C=O) groups is 1. The largest absolute Gasteiger partial charge is 0.471 e. The van der Waals surface area contributed by atoms with E-state index in [1.165, 1.54) is 19.1 Å². The number of halogens is 3. The Hall–Kier alpha value is -3.72. The molecule has 4 rings (SSSR count). The molecule has 0 saturated carbocycles. The molecule has 0 aliphatic rings. The topological polar surface area (TPSA) is 89.1 Å². The van der Waals surface area contributed by atoms with Gasteiger partial charge in [-0.3, -0.25) is 4.79 Å². The number of rotatable bonds is 7. The van der Waals surface area contributed by atoms with Crippen LogP contribution in [-0.2, 0) is 16.9 Å². The number of benzene rings is 2. The van der Waals surface area contributed by atoms with E-state index in [-0.39, 0.29) is 40.6 Å². The molecule has 2 aromatic heterocycles. The molecule has 7 nitrogen and oxygen atoms in total. The fourth-order valence-corrected chi connectivity index (χ4v) is 3.61. The van der Waals surface area contributed by atoms with Crippen molar-refractivity contribution in [2.75, 3.05) is 0 Å². The van der Waals surface area contributed by atoms with Crippen molar-refractivity contribution < 1.29 is 23.0 Å². The predicted octanol–water partition coefficient (Wildman–Crippen LogP) is 5.63. The summed E-state index contributed by atoms with van der Waals surface area (Å²) in [5, 5.41) is 3.03. The van der Waals surface area contributed by atoms with Crippen LogP contribution in [0.25, 0.3) is 11.2 Å². The van der Waals surface area contributed by atoms with Crippen LogP contribution in [0.15, 0.2) is 48.5 Å². The smallest absolute Gasteiger partial charge is 0.301 e. The van der Waals surface area contributed by atoms with Crippen LogP contribution in [0.2, 0.25) is 5.02 Å². The van der Waals surface area contributed by atoms with Gasteiger partial charge in [0, 0.05) is 6.92 Å². The Balaban J connectivity index is 1.50. The van der Waals surface area contributed by atoms with Gasteiger partial charge in [-0.2, -0.15) is 9.97 Å². The quantitative estimate of drug-likeness (QED) is 0.353. The van der Waals surface area contributed by atoms with E-state index in [1.807, 2.05) is 26.0 Å². The van der Waals surface area contributed by atoms with Crippen molar-refractivity contribution >= 4 is 28.7 Å². The van der Waals surface area contributed by atoms with E-state index < -0.39 is 17.2 Å². The van der Waals surface area contributed by atoms with Gasteiger partial charge >= 0.3 is 6.01 Å². The Morgan fingerprint density at radius 2 is 1.79 bits per heavy atom. The van der Waals surface area contributed by atoms with Crippen LogP contribution < -0.4 is 14.8 Å². The van der Waals surface area contributed by atoms with Gasteiger partial charge in [-0.05, 0) is 49.7 Å².